The number of hydrogen-bond acceptors (Lipinski definition) is 3. The molecule has 0 nitrogen and oxygen atoms in total. The molecule has 0 saturated heterocycles. The monoisotopic (exact) mass is 204 g/mol. The Morgan fingerprint density at radius 3 is 2.55 bits per heavy atom. The van der Waals surface area contributed by atoms with Crippen molar-refractivity contribution in [2.24, 2.45) is 0 Å². The SMILES string of the molecule is CCCc1ssc(=S)c1CC. The van der Waals surface area contributed by atoms with E-state index in [0.29, 0.717) is 0 Å². The molecule has 0 atom stereocenters. The molecule has 1 aromatic rings. The van der Waals surface area contributed by atoms with Crippen LogP contribution in [0.4, 0.5) is 0 Å². The van der Waals surface area contributed by atoms with Crippen molar-refractivity contribution in [2.45, 2.75) is 33.1 Å². The van der Waals surface area contributed by atoms with E-state index in [1.54, 1.807) is 10.3 Å². The third kappa shape index (κ3) is 2.10. The highest BCUT2D eigenvalue weighted by Crippen LogP contribution is 2.26. The molecule has 62 valence electrons. The largest absolute Gasteiger partial charge is 0.105 e. The Morgan fingerprint density at radius 2 is 2.00 bits per heavy atom. The molecule has 11 heavy (non-hydrogen) atoms. The van der Waals surface area contributed by atoms with Crippen LogP contribution in [0, 0.1) is 3.82 Å². The Kier molecular flexibility index (Phi) is 3.69. The third-order valence-corrected chi connectivity index (χ3v) is 4.93. The first-order chi connectivity index (χ1) is 5.29. The van der Waals surface area contributed by atoms with Crippen molar-refractivity contribution in [3.8, 4) is 0 Å². The number of rotatable bonds is 3. The van der Waals surface area contributed by atoms with Gasteiger partial charge in [-0.3, -0.25) is 0 Å². The first kappa shape index (κ1) is 9.36. The maximum atomic E-state index is 5.22. The minimum absolute atomic E-state index is 1.11. The van der Waals surface area contributed by atoms with Crippen molar-refractivity contribution in [1.82, 2.24) is 0 Å². The summed E-state index contributed by atoms with van der Waals surface area (Å²) < 4.78 is 1.11. The molecule has 0 aliphatic carbocycles. The van der Waals surface area contributed by atoms with E-state index < -0.39 is 0 Å². The maximum Gasteiger partial charge on any atom is 0.105 e. The molecule has 1 heterocycles. The highest BCUT2D eigenvalue weighted by atomic mass is 32.9. The summed E-state index contributed by atoms with van der Waals surface area (Å²) in [7, 11) is 3.61. The molecule has 0 aromatic carbocycles. The molecule has 0 radical (unpaired) electrons. The molecule has 0 amide bonds. The molecule has 1 aromatic heterocycles. The van der Waals surface area contributed by atoms with Gasteiger partial charge in [-0.25, -0.2) is 0 Å². The van der Waals surface area contributed by atoms with E-state index in [0.717, 1.165) is 10.2 Å². The topological polar surface area (TPSA) is 0 Å². The average molecular weight is 204 g/mol. The summed E-state index contributed by atoms with van der Waals surface area (Å²) in [6.07, 6.45) is 3.55. The summed E-state index contributed by atoms with van der Waals surface area (Å²) in [5.41, 5.74) is 1.43. The molecule has 0 N–H and O–H groups in total. The van der Waals surface area contributed by atoms with Gasteiger partial charge in [0, 0.05) is 4.88 Å². The molecular formula is C8H12S3. The van der Waals surface area contributed by atoms with Gasteiger partial charge in [-0.1, -0.05) is 53.2 Å². The molecule has 0 unspecified atom stereocenters. The van der Waals surface area contributed by atoms with E-state index in [4.69, 9.17) is 12.2 Å². The fourth-order valence-electron chi connectivity index (χ4n) is 1.06. The summed E-state index contributed by atoms with van der Waals surface area (Å²) in [6.45, 7) is 4.40. The molecule has 0 bridgehead atoms. The minimum Gasteiger partial charge on any atom is -0.0834 e. The summed E-state index contributed by atoms with van der Waals surface area (Å²) in [5, 5.41) is 0. The van der Waals surface area contributed by atoms with Gasteiger partial charge < -0.3 is 0 Å². The van der Waals surface area contributed by atoms with Gasteiger partial charge in [0.15, 0.2) is 0 Å². The zero-order chi connectivity index (χ0) is 8.27. The lowest BCUT2D eigenvalue weighted by molar-refractivity contribution is 0.920. The summed E-state index contributed by atoms with van der Waals surface area (Å²) >= 11 is 5.22. The normalized spacial score (nSPS) is 10.4. The van der Waals surface area contributed by atoms with Crippen LogP contribution in [0.15, 0.2) is 0 Å². The van der Waals surface area contributed by atoms with Gasteiger partial charge in [0.1, 0.15) is 3.82 Å². The highest BCUT2D eigenvalue weighted by Gasteiger charge is 2.04. The van der Waals surface area contributed by atoms with Gasteiger partial charge in [-0.05, 0) is 18.4 Å². The second-order valence-corrected chi connectivity index (χ2v) is 5.36. The van der Waals surface area contributed by atoms with Gasteiger partial charge in [0.2, 0.25) is 0 Å². The molecule has 0 aliphatic heterocycles. The van der Waals surface area contributed by atoms with Gasteiger partial charge in [-0.2, -0.15) is 0 Å². The number of hydrogen-bond donors (Lipinski definition) is 0. The zero-order valence-electron chi connectivity index (χ0n) is 6.85. The van der Waals surface area contributed by atoms with Crippen molar-refractivity contribution in [3.05, 3.63) is 14.3 Å². The first-order valence-corrected chi connectivity index (χ1v) is 6.46. The lowest BCUT2D eigenvalue weighted by Crippen LogP contribution is -1.84. The van der Waals surface area contributed by atoms with Crippen LogP contribution in [0.2, 0.25) is 0 Å². The van der Waals surface area contributed by atoms with Crippen LogP contribution in [0.1, 0.15) is 30.7 Å². The minimum atomic E-state index is 1.11. The molecule has 0 fully saturated rings. The van der Waals surface area contributed by atoms with Crippen molar-refractivity contribution < 1.29 is 0 Å². The summed E-state index contributed by atoms with van der Waals surface area (Å²) in [4.78, 5) is 1.52. The quantitative estimate of drug-likeness (QED) is 0.528. The maximum absolute atomic E-state index is 5.22. The highest BCUT2D eigenvalue weighted by molar-refractivity contribution is 7.79. The molecule has 0 aliphatic rings. The fourth-order valence-corrected chi connectivity index (χ4v) is 4.33. The summed E-state index contributed by atoms with van der Waals surface area (Å²) in [5.74, 6) is 0. The van der Waals surface area contributed by atoms with Gasteiger partial charge >= 0.3 is 0 Å². The predicted molar refractivity (Wildman–Crippen MR) is 56.4 cm³/mol. The van der Waals surface area contributed by atoms with Crippen LogP contribution >= 0.6 is 32.9 Å². The van der Waals surface area contributed by atoms with E-state index >= 15 is 0 Å². The van der Waals surface area contributed by atoms with E-state index in [-0.39, 0.29) is 0 Å². The van der Waals surface area contributed by atoms with Gasteiger partial charge in [-0.15, -0.1) is 0 Å². The van der Waals surface area contributed by atoms with Crippen LogP contribution in [-0.2, 0) is 12.8 Å². The smallest absolute Gasteiger partial charge is 0.0834 e. The van der Waals surface area contributed by atoms with Crippen LogP contribution in [-0.4, -0.2) is 0 Å². The van der Waals surface area contributed by atoms with Crippen molar-refractivity contribution >= 4 is 32.9 Å². The third-order valence-electron chi connectivity index (χ3n) is 1.63. The first-order valence-electron chi connectivity index (χ1n) is 3.90. The van der Waals surface area contributed by atoms with Crippen LogP contribution in [0.5, 0.6) is 0 Å². The van der Waals surface area contributed by atoms with Crippen LogP contribution in [0.3, 0.4) is 0 Å². The van der Waals surface area contributed by atoms with Crippen LogP contribution in [0.25, 0.3) is 0 Å². The van der Waals surface area contributed by atoms with E-state index in [1.165, 1.54) is 23.3 Å². The lowest BCUT2D eigenvalue weighted by Gasteiger charge is -1.95. The second kappa shape index (κ2) is 4.33. The second-order valence-electron chi connectivity index (χ2n) is 2.46. The molecular weight excluding hydrogens is 192 g/mol. The Morgan fingerprint density at radius 1 is 1.27 bits per heavy atom. The van der Waals surface area contributed by atoms with Crippen LogP contribution < -0.4 is 0 Å². The molecule has 3 heteroatoms. The fraction of sp³-hybridized carbons (Fsp3) is 0.625. The molecule has 0 saturated carbocycles. The van der Waals surface area contributed by atoms with Gasteiger partial charge in [0.05, 0.1) is 0 Å². The predicted octanol–water partition coefficient (Wildman–Crippen LogP) is 4.05. The summed E-state index contributed by atoms with van der Waals surface area (Å²) in [6, 6.07) is 0. The van der Waals surface area contributed by atoms with E-state index in [2.05, 4.69) is 13.8 Å². The van der Waals surface area contributed by atoms with E-state index in [9.17, 15) is 0 Å². The standard InChI is InChI=1S/C8H12S3/c1-3-5-7-6(4-2)8(9)11-10-7/h3-5H2,1-2H3. The average Bonchev–Trinajstić information content (AvgIpc) is 2.33. The lowest BCUT2D eigenvalue weighted by atomic mass is 10.2. The van der Waals surface area contributed by atoms with E-state index in [1.807, 2.05) is 10.3 Å². The van der Waals surface area contributed by atoms with Crippen molar-refractivity contribution in [1.29, 1.82) is 0 Å². The molecule has 0 spiro atoms. The number of aryl methyl sites for hydroxylation is 1. The van der Waals surface area contributed by atoms with Gasteiger partial charge in [0.25, 0.3) is 0 Å². The molecule has 1 rings (SSSR count). The Bertz CT molecular complexity index is 269. The Labute approximate surface area is 80.3 Å². The van der Waals surface area contributed by atoms with Crippen molar-refractivity contribution in [2.75, 3.05) is 0 Å². The van der Waals surface area contributed by atoms with Crippen molar-refractivity contribution in [3.63, 3.8) is 0 Å². The Hall–Kier alpha value is 0.270. The zero-order valence-corrected chi connectivity index (χ0v) is 9.30. The Balaban J connectivity index is 2.96.